The molecule has 2 saturated carbocycles. The molecule has 3 aliphatic rings. The highest BCUT2D eigenvalue weighted by Crippen LogP contribution is 2.45. The van der Waals surface area contributed by atoms with Gasteiger partial charge in [-0.1, -0.05) is 12.1 Å². The van der Waals surface area contributed by atoms with Crippen molar-refractivity contribution in [3.8, 4) is 10.6 Å². The Morgan fingerprint density at radius 1 is 1.15 bits per heavy atom. The second-order valence-corrected chi connectivity index (χ2v) is 17.4. The molecular formula is C35H46N6O10S2. The number of rotatable bonds is 13. The van der Waals surface area contributed by atoms with Crippen molar-refractivity contribution in [1.82, 2.24) is 25.2 Å². The number of thiazole rings is 1. The first-order valence-corrected chi connectivity index (χ1v) is 19.6. The third-order valence-electron chi connectivity index (χ3n) is 9.23. The molecule has 0 spiro atoms. The Morgan fingerprint density at radius 2 is 1.87 bits per heavy atom. The van der Waals surface area contributed by atoms with Crippen LogP contribution in [0.3, 0.4) is 0 Å². The number of ether oxygens (including phenoxy) is 3. The molecule has 6 atom stereocenters. The molecule has 2 aromatic rings. The van der Waals surface area contributed by atoms with Crippen molar-refractivity contribution in [3.63, 3.8) is 0 Å². The topological polar surface area (TPSA) is 211 Å². The highest BCUT2D eigenvalue weighted by molar-refractivity contribution is 7.91. The Bertz CT molecular complexity index is 1860. The van der Waals surface area contributed by atoms with Crippen LogP contribution in [-0.4, -0.2) is 103 Å². The summed E-state index contributed by atoms with van der Waals surface area (Å²) >= 11 is 1.39. The summed E-state index contributed by atoms with van der Waals surface area (Å²) in [5, 5.41) is 9.77. The molecule has 18 heteroatoms. The first kappa shape index (κ1) is 39.7. The number of alkyl carbamates (subject to hydrolysis) is 1. The smallest absolute Gasteiger partial charge is 0.411 e. The molecule has 1 aromatic carbocycles. The van der Waals surface area contributed by atoms with Crippen molar-refractivity contribution >= 4 is 57.0 Å². The number of hydrogen-bond donors (Lipinski definition) is 4. The molecular weight excluding hydrogens is 729 g/mol. The van der Waals surface area contributed by atoms with Crippen LogP contribution in [-0.2, 0) is 38.6 Å². The number of likely N-dealkylation sites (tertiary alicyclic amines) is 1. The lowest BCUT2D eigenvalue weighted by Gasteiger charge is -2.32. The maximum atomic E-state index is 14.3. The molecule has 1 unspecified atom stereocenters. The Morgan fingerprint density at radius 3 is 2.45 bits per heavy atom. The van der Waals surface area contributed by atoms with E-state index in [1.807, 2.05) is 19.1 Å². The fourth-order valence-electron chi connectivity index (χ4n) is 6.12. The molecule has 53 heavy (non-hydrogen) atoms. The molecule has 1 saturated heterocycles. The van der Waals surface area contributed by atoms with E-state index in [9.17, 15) is 32.4 Å². The highest BCUT2D eigenvalue weighted by atomic mass is 32.2. The van der Waals surface area contributed by atoms with E-state index >= 15 is 0 Å². The summed E-state index contributed by atoms with van der Waals surface area (Å²) in [6.07, 6.45) is 0.174. The van der Waals surface area contributed by atoms with Crippen molar-refractivity contribution < 1.29 is 46.6 Å². The predicted octanol–water partition coefficient (Wildman–Crippen LogP) is 3.23. The van der Waals surface area contributed by atoms with E-state index in [0.717, 1.165) is 10.5 Å². The minimum absolute atomic E-state index is 0.0821. The number of aryl methyl sites for hydroxylation is 1. The minimum atomic E-state index is -3.94. The number of sulfonamides is 1. The predicted molar refractivity (Wildman–Crippen MR) is 195 cm³/mol. The van der Waals surface area contributed by atoms with Gasteiger partial charge in [-0.05, 0) is 71.6 Å². The fraction of sp³-hybridized carbons (Fsp3) is 0.543. The van der Waals surface area contributed by atoms with E-state index in [1.165, 1.54) is 24.5 Å². The van der Waals surface area contributed by atoms with E-state index < -0.39 is 86.5 Å². The monoisotopic (exact) mass is 774 g/mol. The van der Waals surface area contributed by atoms with Gasteiger partial charge in [-0.3, -0.25) is 24.4 Å². The molecule has 16 nitrogen and oxygen atoms in total. The van der Waals surface area contributed by atoms with Gasteiger partial charge in [0, 0.05) is 36.6 Å². The van der Waals surface area contributed by atoms with Crippen LogP contribution >= 0.6 is 11.3 Å². The standard InChI is InChI=1S/C35H46N6O10S2/c1-8-21-17-35(21,31(44)40-53(47,48)23-10-11-23)39-28(42)26-16-22(18-41(26)30(43)27(20(3)49-7)38-33(46)51-34(4,5)6)50-32(45)37-25-15-19(2)9-12-24(25)29-36-13-14-52-29/h8-9,12-15,20-23,26-27H,1,10-11,16-18H2,2-7H3,(H,37,45)(H,38,46)(H,39,42)(H,40,44)/t20-,21?,22+,26-,27-,35+/m0/s1. The average Bonchev–Trinajstić information content (AvgIpc) is 3.95. The zero-order chi connectivity index (χ0) is 38.9. The number of carbonyl (C=O) groups excluding carboxylic acids is 5. The van der Waals surface area contributed by atoms with Gasteiger partial charge >= 0.3 is 12.2 Å². The Balaban J connectivity index is 1.39. The second kappa shape index (κ2) is 15.4. The van der Waals surface area contributed by atoms with Gasteiger partial charge in [0.2, 0.25) is 21.8 Å². The van der Waals surface area contributed by atoms with E-state index in [4.69, 9.17) is 14.2 Å². The molecule has 2 aliphatic carbocycles. The third kappa shape index (κ3) is 9.34. The van der Waals surface area contributed by atoms with Crippen molar-refractivity contribution in [2.45, 2.75) is 101 Å². The summed E-state index contributed by atoms with van der Waals surface area (Å²) in [5.74, 6) is -3.02. The molecule has 288 valence electrons. The third-order valence-corrected chi connectivity index (χ3v) is 11.9. The minimum Gasteiger partial charge on any atom is -0.444 e. The first-order valence-electron chi connectivity index (χ1n) is 17.2. The molecule has 2 heterocycles. The maximum Gasteiger partial charge on any atom is 0.411 e. The molecule has 0 bridgehead atoms. The van der Waals surface area contributed by atoms with Gasteiger partial charge in [-0.25, -0.2) is 23.0 Å². The SMILES string of the molecule is C=CC1C[C@]1(NC(=O)[C@@H]1C[C@@H](OC(=O)Nc2cc(C)ccc2-c2nccs2)CN1C(=O)[C@@H](NC(=O)OC(C)(C)C)[C@H](C)OC)C(=O)NS(=O)(=O)C1CC1. The highest BCUT2D eigenvalue weighted by Gasteiger charge is 2.62. The lowest BCUT2D eigenvalue weighted by atomic mass is 10.1. The number of benzene rings is 1. The number of hydrogen-bond acceptors (Lipinski definition) is 12. The molecule has 1 aromatic heterocycles. The number of anilines is 1. The normalized spacial score (nSPS) is 23.6. The van der Waals surface area contributed by atoms with Crippen molar-refractivity contribution in [2.24, 2.45) is 5.92 Å². The van der Waals surface area contributed by atoms with Crippen molar-refractivity contribution in [1.29, 1.82) is 0 Å². The summed E-state index contributed by atoms with van der Waals surface area (Å²) < 4.78 is 44.0. The summed E-state index contributed by atoms with van der Waals surface area (Å²) in [6, 6.07) is 2.81. The fourth-order valence-corrected chi connectivity index (χ4v) is 8.16. The Kier molecular flexibility index (Phi) is 11.5. The molecule has 0 radical (unpaired) electrons. The van der Waals surface area contributed by atoms with Crippen LogP contribution < -0.4 is 20.7 Å². The van der Waals surface area contributed by atoms with Crippen LogP contribution in [0, 0.1) is 12.8 Å². The van der Waals surface area contributed by atoms with Gasteiger partial charge in [0.1, 0.15) is 34.3 Å². The number of methoxy groups -OCH3 is 1. The van der Waals surface area contributed by atoms with Crippen molar-refractivity contribution in [2.75, 3.05) is 19.0 Å². The van der Waals surface area contributed by atoms with Crippen LogP contribution in [0.1, 0.15) is 58.9 Å². The average molecular weight is 775 g/mol. The van der Waals surface area contributed by atoms with Crippen LogP contribution in [0.2, 0.25) is 0 Å². The van der Waals surface area contributed by atoms with Crippen LogP contribution in [0.15, 0.2) is 42.4 Å². The molecule has 3 fully saturated rings. The van der Waals surface area contributed by atoms with Gasteiger partial charge in [-0.2, -0.15) is 0 Å². The number of carbonyl (C=O) groups is 5. The Hall–Kier alpha value is -4.55. The zero-order valence-electron chi connectivity index (χ0n) is 30.5. The number of nitrogens with one attached hydrogen (secondary N) is 4. The van der Waals surface area contributed by atoms with E-state index in [0.29, 0.717) is 29.1 Å². The largest absolute Gasteiger partial charge is 0.444 e. The molecule has 4 N–H and O–H groups in total. The lowest BCUT2D eigenvalue weighted by Crippen LogP contribution is -2.60. The van der Waals surface area contributed by atoms with Gasteiger partial charge in [0.25, 0.3) is 5.91 Å². The molecule has 5 amide bonds. The van der Waals surface area contributed by atoms with Crippen molar-refractivity contribution in [3.05, 3.63) is 48.0 Å². The quantitative estimate of drug-likeness (QED) is 0.217. The van der Waals surface area contributed by atoms with Crippen LogP contribution in [0.5, 0.6) is 0 Å². The summed E-state index contributed by atoms with van der Waals surface area (Å²) in [5.41, 5.74) is -0.537. The zero-order valence-corrected chi connectivity index (χ0v) is 32.1. The van der Waals surface area contributed by atoms with Gasteiger partial charge in [0.05, 0.1) is 23.6 Å². The summed E-state index contributed by atoms with van der Waals surface area (Å²) in [4.78, 5) is 73.5. The lowest BCUT2D eigenvalue weighted by molar-refractivity contribution is -0.143. The first-order chi connectivity index (χ1) is 24.9. The van der Waals surface area contributed by atoms with E-state index in [1.54, 1.807) is 45.3 Å². The molecule has 1 aliphatic heterocycles. The van der Waals surface area contributed by atoms with Gasteiger partial charge < -0.3 is 29.7 Å². The number of nitrogens with zero attached hydrogens (tertiary/aromatic N) is 2. The van der Waals surface area contributed by atoms with Gasteiger partial charge in [0.15, 0.2) is 0 Å². The summed E-state index contributed by atoms with van der Waals surface area (Å²) in [6.45, 7) is 11.8. The second-order valence-electron chi connectivity index (χ2n) is 14.5. The van der Waals surface area contributed by atoms with E-state index in [2.05, 4.69) is 32.2 Å². The van der Waals surface area contributed by atoms with Gasteiger partial charge in [-0.15, -0.1) is 17.9 Å². The maximum absolute atomic E-state index is 14.3. The summed E-state index contributed by atoms with van der Waals surface area (Å²) in [7, 11) is -2.60. The number of aromatic nitrogens is 1. The molecule has 5 rings (SSSR count). The van der Waals surface area contributed by atoms with Crippen LogP contribution in [0.4, 0.5) is 15.3 Å². The Labute approximate surface area is 312 Å². The van der Waals surface area contributed by atoms with Crippen LogP contribution in [0.25, 0.3) is 10.6 Å². The van der Waals surface area contributed by atoms with E-state index in [-0.39, 0.29) is 19.4 Å². The number of amides is 5.